The SMILES string of the molecule is CC(C)(C)OC(=O)NCC1CCN(CC(=O)c2cccs2)CC1. The normalized spacial score (nSPS) is 17.0. The molecule has 0 spiro atoms. The van der Waals surface area contributed by atoms with E-state index in [1.165, 1.54) is 11.3 Å². The zero-order valence-electron chi connectivity index (χ0n) is 14.1. The van der Waals surface area contributed by atoms with Crippen LogP contribution in [-0.2, 0) is 4.74 Å². The molecule has 128 valence electrons. The lowest BCUT2D eigenvalue weighted by molar-refractivity contribution is 0.0510. The van der Waals surface area contributed by atoms with Gasteiger partial charge in [0.05, 0.1) is 11.4 Å². The number of nitrogens with zero attached hydrogens (tertiary/aromatic N) is 1. The van der Waals surface area contributed by atoms with Gasteiger partial charge in [0.2, 0.25) is 0 Å². The van der Waals surface area contributed by atoms with Crippen LogP contribution in [0.1, 0.15) is 43.3 Å². The Hall–Kier alpha value is -1.40. The fourth-order valence-corrected chi connectivity index (χ4v) is 3.27. The summed E-state index contributed by atoms with van der Waals surface area (Å²) < 4.78 is 5.24. The Bertz CT molecular complexity index is 514. The first-order valence-electron chi connectivity index (χ1n) is 8.09. The minimum atomic E-state index is -0.463. The van der Waals surface area contributed by atoms with Crippen molar-refractivity contribution in [2.75, 3.05) is 26.2 Å². The highest BCUT2D eigenvalue weighted by Gasteiger charge is 2.23. The molecule has 0 bridgehead atoms. The summed E-state index contributed by atoms with van der Waals surface area (Å²) in [5, 5.41) is 4.77. The summed E-state index contributed by atoms with van der Waals surface area (Å²) in [6, 6.07) is 3.79. The molecule has 0 unspecified atom stereocenters. The highest BCUT2D eigenvalue weighted by Crippen LogP contribution is 2.18. The van der Waals surface area contributed by atoms with Crippen LogP contribution in [0.15, 0.2) is 17.5 Å². The number of amides is 1. The van der Waals surface area contributed by atoms with E-state index in [0.29, 0.717) is 19.0 Å². The summed E-state index contributed by atoms with van der Waals surface area (Å²) >= 11 is 1.50. The van der Waals surface area contributed by atoms with Crippen LogP contribution in [0.3, 0.4) is 0 Å². The number of carbonyl (C=O) groups is 2. The van der Waals surface area contributed by atoms with Gasteiger partial charge in [0, 0.05) is 6.54 Å². The molecule has 1 aliphatic heterocycles. The number of nitrogens with one attached hydrogen (secondary N) is 1. The highest BCUT2D eigenvalue weighted by molar-refractivity contribution is 7.12. The van der Waals surface area contributed by atoms with Gasteiger partial charge in [0.15, 0.2) is 5.78 Å². The summed E-state index contributed by atoms with van der Waals surface area (Å²) in [7, 11) is 0. The van der Waals surface area contributed by atoms with Crippen LogP contribution >= 0.6 is 11.3 Å². The zero-order valence-corrected chi connectivity index (χ0v) is 14.9. The van der Waals surface area contributed by atoms with Crippen LogP contribution < -0.4 is 5.32 Å². The van der Waals surface area contributed by atoms with Crippen molar-refractivity contribution < 1.29 is 14.3 Å². The Morgan fingerprint density at radius 1 is 1.35 bits per heavy atom. The molecule has 23 heavy (non-hydrogen) atoms. The van der Waals surface area contributed by atoms with E-state index in [0.717, 1.165) is 30.8 Å². The van der Waals surface area contributed by atoms with Gasteiger partial charge in [-0.25, -0.2) is 4.79 Å². The molecule has 0 aliphatic carbocycles. The van der Waals surface area contributed by atoms with Crippen molar-refractivity contribution in [3.63, 3.8) is 0 Å². The van der Waals surface area contributed by atoms with Crippen molar-refractivity contribution >= 4 is 23.2 Å². The molecular weight excluding hydrogens is 312 g/mol. The maximum atomic E-state index is 12.1. The molecule has 0 atom stereocenters. The summed E-state index contributed by atoms with van der Waals surface area (Å²) in [6.45, 7) is 8.50. The number of ketones is 1. The molecule has 1 aliphatic rings. The predicted octanol–water partition coefficient (Wildman–Crippen LogP) is 3.17. The molecule has 1 saturated heterocycles. The monoisotopic (exact) mass is 338 g/mol. The number of rotatable bonds is 5. The van der Waals surface area contributed by atoms with E-state index < -0.39 is 5.60 Å². The number of thiophene rings is 1. The van der Waals surface area contributed by atoms with E-state index in [4.69, 9.17) is 4.74 Å². The Balaban J connectivity index is 1.66. The first-order chi connectivity index (χ1) is 10.8. The molecule has 0 saturated carbocycles. The van der Waals surface area contributed by atoms with E-state index in [1.54, 1.807) is 0 Å². The van der Waals surface area contributed by atoms with Crippen LogP contribution in [0.2, 0.25) is 0 Å². The van der Waals surface area contributed by atoms with Gasteiger partial charge in [-0.05, 0) is 64.1 Å². The standard InChI is InChI=1S/C17H26N2O3S/c1-17(2,3)22-16(21)18-11-13-6-8-19(9-7-13)12-14(20)15-5-4-10-23-15/h4-5,10,13H,6-9,11-12H2,1-3H3,(H,18,21). The molecule has 1 aromatic heterocycles. The number of ether oxygens (including phenoxy) is 1. The summed E-state index contributed by atoms with van der Waals surface area (Å²) in [5.74, 6) is 0.654. The second-order valence-corrected chi connectivity index (χ2v) is 7.95. The van der Waals surface area contributed by atoms with Crippen LogP contribution in [0, 0.1) is 5.92 Å². The maximum absolute atomic E-state index is 12.1. The summed E-state index contributed by atoms with van der Waals surface area (Å²) in [6.07, 6.45) is 1.63. The Kier molecular flexibility index (Phi) is 6.18. The van der Waals surface area contributed by atoms with Crippen molar-refractivity contribution in [1.82, 2.24) is 10.2 Å². The topological polar surface area (TPSA) is 58.6 Å². The lowest BCUT2D eigenvalue weighted by Crippen LogP contribution is -2.41. The minimum Gasteiger partial charge on any atom is -0.444 e. The van der Waals surface area contributed by atoms with E-state index in [-0.39, 0.29) is 11.9 Å². The van der Waals surface area contributed by atoms with Gasteiger partial charge < -0.3 is 10.1 Å². The molecule has 1 amide bonds. The average Bonchev–Trinajstić information content (AvgIpc) is 2.99. The third-order valence-corrected chi connectivity index (χ3v) is 4.72. The largest absolute Gasteiger partial charge is 0.444 e. The third kappa shape index (κ3) is 6.31. The molecule has 0 aromatic carbocycles. The van der Waals surface area contributed by atoms with Gasteiger partial charge in [0.1, 0.15) is 5.60 Å². The van der Waals surface area contributed by atoms with E-state index in [1.807, 2.05) is 38.3 Å². The smallest absolute Gasteiger partial charge is 0.407 e. The van der Waals surface area contributed by atoms with Crippen molar-refractivity contribution in [2.24, 2.45) is 5.92 Å². The van der Waals surface area contributed by atoms with Crippen LogP contribution in [0.5, 0.6) is 0 Å². The number of hydrogen-bond acceptors (Lipinski definition) is 5. The Morgan fingerprint density at radius 2 is 2.04 bits per heavy atom. The second-order valence-electron chi connectivity index (χ2n) is 7.00. The molecule has 2 heterocycles. The number of likely N-dealkylation sites (tertiary alicyclic amines) is 1. The molecule has 1 N–H and O–H groups in total. The number of Topliss-reactive ketones (excluding diaryl/α,β-unsaturated/α-hetero) is 1. The van der Waals surface area contributed by atoms with Crippen LogP contribution in [0.4, 0.5) is 4.79 Å². The fourth-order valence-electron chi connectivity index (χ4n) is 2.61. The quantitative estimate of drug-likeness (QED) is 0.838. The maximum Gasteiger partial charge on any atom is 0.407 e. The second kappa shape index (κ2) is 7.93. The average molecular weight is 338 g/mol. The van der Waals surface area contributed by atoms with Gasteiger partial charge in [-0.1, -0.05) is 6.07 Å². The summed E-state index contributed by atoms with van der Waals surface area (Å²) in [4.78, 5) is 26.8. The zero-order chi connectivity index (χ0) is 16.9. The Morgan fingerprint density at radius 3 is 2.61 bits per heavy atom. The van der Waals surface area contributed by atoms with Crippen molar-refractivity contribution in [2.45, 2.75) is 39.2 Å². The Labute approximate surface area is 142 Å². The molecule has 1 aromatic rings. The minimum absolute atomic E-state index is 0.199. The molecule has 6 heteroatoms. The highest BCUT2D eigenvalue weighted by atomic mass is 32.1. The van der Waals surface area contributed by atoms with Crippen LogP contribution in [-0.4, -0.2) is 48.6 Å². The number of hydrogen-bond donors (Lipinski definition) is 1. The molecule has 0 radical (unpaired) electrons. The van der Waals surface area contributed by atoms with Crippen molar-refractivity contribution in [3.8, 4) is 0 Å². The first-order valence-corrected chi connectivity index (χ1v) is 8.97. The van der Waals surface area contributed by atoms with Gasteiger partial charge in [0.25, 0.3) is 0 Å². The lowest BCUT2D eigenvalue weighted by Gasteiger charge is -2.31. The van der Waals surface area contributed by atoms with E-state index in [9.17, 15) is 9.59 Å². The fraction of sp³-hybridized carbons (Fsp3) is 0.647. The first kappa shape index (κ1) is 17.9. The van der Waals surface area contributed by atoms with Crippen molar-refractivity contribution in [1.29, 1.82) is 0 Å². The third-order valence-electron chi connectivity index (χ3n) is 3.80. The molecule has 2 rings (SSSR count). The van der Waals surface area contributed by atoms with Gasteiger partial charge in [-0.3, -0.25) is 9.69 Å². The molecular formula is C17H26N2O3S. The van der Waals surface area contributed by atoms with Crippen LogP contribution in [0.25, 0.3) is 0 Å². The van der Waals surface area contributed by atoms with E-state index in [2.05, 4.69) is 10.2 Å². The van der Waals surface area contributed by atoms with Gasteiger partial charge >= 0.3 is 6.09 Å². The predicted molar refractivity (Wildman–Crippen MR) is 92.1 cm³/mol. The van der Waals surface area contributed by atoms with E-state index >= 15 is 0 Å². The van der Waals surface area contributed by atoms with Crippen molar-refractivity contribution in [3.05, 3.63) is 22.4 Å². The molecule has 5 nitrogen and oxygen atoms in total. The van der Waals surface area contributed by atoms with Gasteiger partial charge in [-0.15, -0.1) is 11.3 Å². The van der Waals surface area contributed by atoms with Gasteiger partial charge in [-0.2, -0.15) is 0 Å². The number of piperidine rings is 1. The lowest BCUT2D eigenvalue weighted by atomic mass is 9.96. The number of alkyl carbamates (subject to hydrolysis) is 1. The molecule has 1 fully saturated rings. The summed E-state index contributed by atoms with van der Waals surface area (Å²) in [5.41, 5.74) is -0.463. The number of carbonyl (C=O) groups excluding carboxylic acids is 2.